The SMILES string of the molecule is NC(N)=NCCC[C@@H]1CC(=O)N2[C@@H](CN(CCCc3ccc4ccccc4c3)C(=O)[C@@H]2CCCN=C(N)N)S1. The van der Waals surface area contributed by atoms with Gasteiger partial charge in [0.25, 0.3) is 0 Å². The Morgan fingerprint density at radius 3 is 2.31 bits per heavy atom. The second-order valence-electron chi connectivity index (χ2n) is 10.2. The van der Waals surface area contributed by atoms with E-state index >= 15 is 0 Å². The van der Waals surface area contributed by atoms with Gasteiger partial charge in [0.2, 0.25) is 11.8 Å². The van der Waals surface area contributed by atoms with E-state index in [0.717, 1.165) is 25.7 Å². The number of carbonyl (C=O) groups excluding carboxylic acids is 2. The van der Waals surface area contributed by atoms with Crippen molar-refractivity contribution in [1.29, 1.82) is 0 Å². The van der Waals surface area contributed by atoms with Gasteiger partial charge in [-0.05, 0) is 54.9 Å². The maximum atomic E-state index is 13.6. The Morgan fingerprint density at radius 2 is 1.59 bits per heavy atom. The summed E-state index contributed by atoms with van der Waals surface area (Å²) < 4.78 is 0. The summed E-state index contributed by atoms with van der Waals surface area (Å²) >= 11 is 1.80. The number of aryl methyl sites for hydroxylation is 1. The molecule has 2 saturated heterocycles. The first-order chi connectivity index (χ1) is 18.8. The summed E-state index contributed by atoms with van der Waals surface area (Å²) in [5, 5.41) is 2.57. The van der Waals surface area contributed by atoms with E-state index in [4.69, 9.17) is 22.9 Å². The highest BCUT2D eigenvalue weighted by Crippen LogP contribution is 2.38. The third kappa shape index (κ3) is 7.78. The topological polar surface area (TPSA) is 169 Å². The summed E-state index contributed by atoms with van der Waals surface area (Å²) in [4.78, 5) is 38.8. The molecule has 0 aromatic heterocycles. The van der Waals surface area contributed by atoms with E-state index in [1.54, 1.807) is 11.8 Å². The molecule has 0 radical (unpaired) electrons. The van der Waals surface area contributed by atoms with Crippen molar-refractivity contribution in [2.75, 3.05) is 26.2 Å². The number of aliphatic imine (C=N–C) groups is 2. The van der Waals surface area contributed by atoms with Gasteiger partial charge in [0.05, 0.1) is 11.9 Å². The zero-order chi connectivity index (χ0) is 27.8. The number of hydrogen-bond acceptors (Lipinski definition) is 5. The first kappa shape index (κ1) is 28.5. The van der Waals surface area contributed by atoms with E-state index < -0.39 is 6.04 Å². The molecule has 10 nitrogen and oxygen atoms in total. The van der Waals surface area contributed by atoms with Crippen molar-refractivity contribution in [3.63, 3.8) is 0 Å². The summed E-state index contributed by atoms with van der Waals surface area (Å²) in [7, 11) is 0. The fourth-order valence-electron chi connectivity index (χ4n) is 5.43. The molecule has 2 heterocycles. The lowest BCUT2D eigenvalue weighted by Gasteiger charge is -2.49. The van der Waals surface area contributed by atoms with Crippen LogP contribution in [0.25, 0.3) is 10.8 Å². The molecule has 0 saturated carbocycles. The van der Waals surface area contributed by atoms with Crippen LogP contribution in [0.5, 0.6) is 0 Å². The maximum absolute atomic E-state index is 13.6. The number of carbonyl (C=O) groups is 2. The molecule has 210 valence electrons. The lowest BCUT2D eigenvalue weighted by atomic mass is 10.0. The van der Waals surface area contributed by atoms with Crippen molar-refractivity contribution in [3.05, 3.63) is 48.0 Å². The number of rotatable bonds is 12. The highest BCUT2D eigenvalue weighted by Gasteiger charge is 2.46. The minimum atomic E-state index is -0.485. The number of guanidine groups is 2. The molecule has 2 aromatic rings. The number of nitrogens with zero attached hydrogens (tertiary/aromatic N) is 4. The minimum Gasteiger partial charge on any atom is -0.370 e. The molecule has 2 fully saturated rings. The second kappa shape index (κ2) is 13.5. The number of piperazine rings is 1. The number of thioether (sulfide) groups is 1. The molecule has 2 aliphatic heterocycles. The van der Waals surface area contributed by atoms with Crippen LogP contribution in [-0.2, 0) is 16.0 Å². The first-order valence-electron chi connectivity index (χ1n) is 13.7. The summed E-state index contributed by atoms with van der Waals surface area (Å²) in [5.74, 6) is 0.185. The van der Waals surface area contributed by atoms with E-state index in [2.05, 4.69) is 46.4 Å². The van der Waals surface area contributed by atoms with Crippen LogP contribution in [0.2, 0.25) is 0 Å². The third-order valence-electron chi connectivity index (χ3n) is 7.28. The number of amides is 2. The second-order valence-corrected chi connectivity index (χ2v) is 11.7. The van der Waals surface area contributed by atoms with Crippen LogP contribution in [0.3, 0.4) is 0 Å². The summed E-state index contributed by atoms with van der Waals surface area (Å²) in [6, 6.07) is 14.4. The van der Waals surface area contributed by atoms with Crippen LogP contribution in [0.1, 0.15) is 44.1 Å². The van der Waals surface area contributed by atoms with Gasteiger partial charge in [-0.1, -0.05) is 42.5 Å². The Hall–Kier alpha value is -3.47. The van der Waals surface area contributed by atoms with Gasteiger partial charge in [-0.3, -0.25) is 19.6 Å². The quantitative estimate of drug-likeness (QED) is 0.177. The van der Waals surface area contributed by atoms with Crippen molar-refractivity contribution < 1.29 is 9.59 Å². The molecule has 11 heteroatoms. The van der Waals surface area contributed by atoms with E-state index in [1.807, 2.05) is 15.9 Å². The Labute approximate surface area is 234 Å². The van der Waals surface area contributed by atoms with Gasteiger partial charge in [0, 0.05) is 31.3 Å². The van der Waals surface area contributed by atoms with Crippen molar-refractivity contribution in [2.24, 2.45) is 32.9 Å². The number of fused-ring (bicyclic) bond motifs is 2. The normalized spacial score (nSPS) is 21.1. The molecule has 0 unspecified atom stereocenters. The Kier molecular flexibility index (Phi) is 9.91. The summed E-state index contributed by atoms with van der Waals surface area (Å²) in [6.07, 6.45) is 4.99. The Bertz CT molecular complexity index is 1210. The standard InChI is InChI=1S/C28H40N8O2S/c29-27(30)33-13-3-9-22-17-24(37)36-23(10-4-14-34-28(31)32)26(38)35(18-25(36)39-22)15-5-6-19-11-12-20-7-1-2-8-21(20)16-19/h1-2,7-8,11-12,16,22-23,25H,3-6,9-10,13-15,17-18H2,(H4,29,30,33)(H4,31,32,34)/t22-,23+,25-/m1/s1. The number of hydrogen-bond donors (Lipinski definition) is 4. The molecular weight excluding hydrogens is 512 g/mol. The molecular formula is C28H40N8O2S. The zero-order valence-corrected chi connectivity index (χ0v) is 23.2. The maximum Gasteiger partial charge on any atom is 0.245 e. The van der Waals surface area contributed by atoms with E-state index in [0.29, 0.717) is 45.4 Å². The van der Waals surface area contributed by atoms with Gasteiger partial charge in [-0.2, -0.15) is 0 Å². The van der Waals surface area contributed by atoms with Gasteiger partial charge in [-0.25, -0.2) is 0 Å². The van der Waals surface area contributed by atoms with Crippen LogP contribution in [0, 0.1) is 0 Å². The number of benzene rings is 2. The van der Waals surface area contributed by atoms with Crippen LogP contribution in [-0.4, -0.2) is 76.4 Å². The van der Waals surface area contributed by atoms with Crippen LogP contribution in [0.4, 0.5) is 0 Å². The molecule has 2 amide bonds. The van der Waals surface area contributed by atoms with Gasteiger partial charge in [-0.15, -0.1) is 11.8 Å². The van der Waals surface area contributed by atoms with Gasteiger partial charge in [0.1, 0.15) is 6.04 Å². The van der Waals surface area contributed by atoms with Crippen molar-refractivity contribution in [3.8, 4) is 0 Å². The van der Waals surface area contributed by atoms with Crippen molar-refractivity contribution in [2.45, 2.75) is 61.6 Å². The number of nitrogens with two attached hydrogens (primary N) is 4. The predicted molar refractivity (Wildman–Crippen MR) is 159 cm³/mol. The third-order valence-corrected chi connectivity index (χ3v) is 8.75. The average Bonchev–Trinajstić information content (AvgIpc) is 2.90. The highest BCUT2D eigenvalue weighted by atomic mass is 32.2. The lowest BCUT2D eigenvalue weighted by molar-refractivity contribution is -0.153. The van der Waals surface area contributed by atoms with Crippen molar-refractivity contribution >= 4 is 46.3 Å². The fraction of sp³-hybridized carbons (Fsp3) is 0.500. The molecule has 0 bridgehead atoms. The summed E-state index contributed by atoms with van der Waals surface area (Å²) in [5.41, 5.74) is 23.1. The zero-order valence-electron chi connectivity index (χ0n) is 22.4. The largest absolute Gasteiger partial charge is 0.370 e. The Morgan fingerprint density at radius 1 is 0.897 bits per heavy atom. The monoisotopic (exact) mass is 552 g/mol. The minimum absolute atomic E-state index is 0.0228. The average molecular weight is 553 g/mol. The van der Waals surface area contributed by atoms with Crippen LogP contribution in [0.15, 0.2) is 52.4 Å². The lowest BCUT2D eigenvalue weighted by Crippen LogP contribution is -2.64. The van der Waals surface area contributed by atoms with E-state index in [-0.39, 0.29) is 34.4 Å². The molecule has 8 N–H and O–H groups in total. The Balaban J connectivity index is 1.41. The molecule has 0 spiro atoms. The van der Waals surface area contributed by atoms with E-state index in [1.165, 1.54) is 16.3 Å². The summed E-state index contributed by atoms with van der Waals surface area (Å²) in [6.45, 7) is 2.18. The van der Waals surface area contributed by atoms with Crippen LogP contribution < -0.4 is 22.9 Å². The fourth-order valence-corrected chi connectivity index (χ4v) is 7.08. The van der Waals surface area contributed by atoms with Gasteiger partial charge < -0.3 is 32.7 Å². The van der Waals surface area contributed by atoms with Crippen molar-refractivity contribution in [1.82, 2.24) is 9.80 Å². The molecule has 0 aliphatic carbocycles. The molecule has 3 atom stereocenters. The predicted octanol–water partition coefficient (Wildman–Crippen LogP) is 1.75. The molecule has 2 aliphatic rings. The van der Waals surface area contributed by atoms with Gasteiger partial charge >= 0.3 is 0 Å². The molecule has 39 heavy (non-hydrogen) atoms. The van der Waals surface area contributed by atoms with Gasteiger partial charge in [0.15, 0.2) is 11.9 Å². The van der Waals surface area contributed by atoms with Crippen LogP contribution >= 0.6 is 11.8 Å². The molecule has 2 aromatic carbocycles. The first-order valence-corrected chi connectivity index (χ1v) is 14.6. The smallest absolute Gasteiger partial charge is 0.245 e. The van der Waals surface area contributed by atoms with E-state index in [9.17, 15) is 9.59 Å². The highest BCUT2D eigenvalue weighted by molar-refractivity contribution is 8.00. The molecule has 4 rings (SSSR count).